The Hall–Kier alpha value is 0.210. The van der Waals surface area contributed by atoms with Crippen LogP contribution in [0.4, 0.5) is 0 Å². The van der Waals surface area contributed by atoms with Crippen LogP contribution >= 0.6 is 65.8 Å². The Bertz CT molecular complexity index is 653. The minimum Gasteiger partial charge on any atom is -0.334 e. The van der Waals surface area contributed by atoms with Gasteiger partial charge in [-0.05, 0) is 26.0 Å². The van der Waals surface area contributed by atoms with E-state index < -0.39 is 34.6 Å². The quantitative estimate of drug-likeness (QED) is 0.227. The van der Waals surface area contributed by atoms with Gasteiger partial charge < -0.3 is 5.32 Å². The first-order chi connectivity index (χ1) is 13.0. The third-order valence-electron chi connectivity index (χ3n) is 3.13. The van der Waals surface area contributed by atoms with Gasteiger partial charge in [-0.25, -0.2) is 9.65 Å². The summed E-state index contributed by atoms with van der Waals surface area (Å²) in [5.74, 6) is -0.467. The molecule has 7 nitrogen and oxygen atoms in total. The number of hydrogen-bond donors (Lipinski definition) is 3. The lowest BCUT2D eigenvalue weighted by Crippen LogP contribution is -2.60. The highest BCUT2D eigenvalue weighted by molar-refractivity contribution is 7.51. The molecule has 0 fully saturated rings. The van der Waals surface area contributed by atoms with Crippen LogP contribution in [0.15, 0.2) is 30.3 Å². The van der Waals surface area contributed by atoms with E-state index in [9.17, 15) is 9.36 Å². The van der Waals surface area contributed by atoms with E-state index in [-0.39, 0.29) is 13.2 Å². The van der Waals surface area contributed by atoms with Crippen molar-refractivity contribution in [3.05, 3.63) is 35.9 Å². The number of carbonyl (C=O) groups excluding carboxylic acids is 1. The van der Waals surface area contributed by atoms with Gasteiger partial charge in [-0.3, -0.25) is 19.2 Å². The minimum absolute atomic E-state index is 0.0820. The lowest BCUT2D eigenvalue weighted by atomic mass is 10.2. The highest BCUT2D eigenvalue weighted by Gasteiger charge is 2.41. The fourth-order valence-electron chi connectivity index (χ4n) is 1.99. The second-order valence-corrected chi connectivity index (χ2v) is 10.6. The van der Waals surface area contributed by atoms with Gasteiger partial charge in [-0.1, -0.05) is 53.0 Å². The van der Waals surface area contributed by atoms with E-state index in [1.165, 1.54) is 0 Å². The molecule has 28 heavy (non-hydrogen) atoms. The summed E-state index contributed by atoms with van der Waals surface area (Å²) in [6.07, 6.45) is -2.37. The van der Waals surface area contributed by atoms with Crippen molar-refractivity contribution in [2.75, 3.05) is 13.2 Å². The Balaban J connectivity index is 3.00. The number of halogens is 5. The zero-order valence-corrected chi connectivity index (χ0v) is 19.7. The molecule has 1 aromatic rings. The first kappa shape index (κ1) is 26.2. The molecule has 1 rings (SSSR count). The van der Waals surface area contributed by atoms with Crippen LogP contribution in [0.5, 0.6) is 0 Å². The van der Waals surface area contributed by atoms with Gasteiger partial charge in [0.25, 0.3) is 5.91 Å². The van der Waals surface area contributed by atoms with Crippen molar-refractivity contribution in [2.45, 2.75) is 34.8 Å². The molecule has 1 aromatic carbocycles. The first-order valence-corrected chi connectivity index (χ1v) is 11.7. The number of alkyl halides is 5. The van der Waals surface area contributed by atoms with E-state index in [1.807, 2.05) is 0 Å². The summed E-state index contributed by atoms with van der Waals surface area (Å²) < 4.78 is 21.0. The first-order valence-electron chi connectivity index (χ1n) is 8.16. The fraction of sp³-hybridized carbons (Fsp3) is 0.533. The summed E-state index contributed by atoms with van der Waals surface area (Å²) in [4.78, 5) is 11.3. The molecule has 160 valence electrons. The third kappa shape index (κ3) is 8.92. The van der Waals surface area contributed by atoms with Gasteiger partial charge in [-0.15, -0.1) is 23.2 Å². The van der Waals surface area contributed by atoms with E-state index in [4.69, 9.17) is 67.1 Å². The Morgan fingerprint density at radius 2 is 1.64 bits per heavy atom. The molecule has 0 aromatic heterocycles. The molecule has 0 saturated heterocycles. The molecule has 0 bridgehead atoms. The van der Waals surface area contributed by atoms with Crippen LogP contribution in [0, 0.1) is 0 Å². The molecule has 0 aliphatic heterocycles. The van der Waals surface area contributed by atoms with Crippen LogP contribution in [-0.4, -0.2) is 40.1 Å². The monoisotopic (exact) mass is 513 g/mol. The molecule has 0 aliphatic rings. The van der Waals surface area contributed by atoms with Crippen molar-refractivity contribution in [2.24, 2.45) is 0 Å². The van der Waals surface area contributed by atoms with Crippen molar-refractivity contribution in [1.29, 1.82) is 0 Å². The number of hydrogen-bond acceptors (Lipinski definition) is 5. The average Bonchev–Trinajstić information content (AvgIpc) is 2.60. The van der Waals surface area contributed by atoms with E-state index in [2.05, 4.69) is 15.7 Å². The SMILES string of the molecule is CCOP(=O)(N[C@H](N[C@H](NC(=O)c1ccccc1)C(Cl)Cl)C(Cl)(Cl)Cl)OCC. The highest BCUT2D eigenvalue weighted by atomic mass is 35.6. The van der Waals surface area contributed by atoms with Crippen LogP contribution in [0.25, 0.3) is 0 Å². The smallest absolute Gasteiger partial charge is 0.334 e. The number of carbonyl (C=O) groups is 1. The maximum absolute atomic E-state index is 12.7. The number of rotatable bonds is 11. The van der Waals surface area contributed by atoms with Crippen molar-refractivity contribution in [3.8, 4) is 0 Å². The number of amides is 1. The van der Waals surface area contributed by atoms with E-state index >= 15 is 0 Å². The largest absolute Gasteiger partial charge is 0.406 e. The highest BCUT2D eigenvalue weighted by Crippen LogP contribution is 2.46. The summed E-state index contributed by atoms with van der Waals surface area (Å²) in [5.41, 5.74) is 0.371. The fourth-order valence-corrected chi connectivity index (χ4v) is 4.33. The van der Waals surface area contributed by atoms with Crippen LogP contribution in [0.1, 0.15) is 24.2 Å². The molecule has 13 heteroatoms. The average molecular weight is 516 g/mol. The number of benzene rings is 1. The standard InChI is InChI=1S/C15H21Cl5N3O4P/c1-3-26-28(25,27-4-2)23-14(15(18,19)20)22-12(11(16)17)21-13(24)10-8-6-5-7-9-10/h5-9,11-12,14,22H,3-4H2,1-2H3,(H,21,24)(H,23,25)/t12-,14-/m0/s1. The van der Waals surface area contributed by atoms with E-state index in [1.54, 1.807) is 44.2 Å². The summed E-state index contributed by atoms with van der Waals surface area (Å²) in [6.45, 7) is 3.42. The van der Waals surface area contributed by atoms with Crippen LogP contribution < -0.4 is 15.7 Å². The molecule has 0 saturated carbocycles. The molecule has 0 unspecified atom stereocenters. The van der Waals surface area contributed by atoms with Gasteiger partial charge in [0.15, 0.2) is 0 Å². The van der Waals surface area contributed by atoms with Crippen LogP contribution in [0.2, 0.25) is 0 Å². The molecular formula is C15H21Cl5N3O4P. The van der Waals surface area contributed by atoms with Crippen molar-refractivity contribution >= 4 is 71.7 Å². The van der Waals surface area contributed by atoms with Gasteiger partial charge in [0.1, 0.15) is 17.2 Å². The molecule has 0 heterocycles. The zero-order valence-electron chi connectivity index (χ0n) is 15.0. The maximum Gasteiger partial charge on any atom is 0.406 e. The third-order valence-corrected chi connectivity index (χ3v) is 6.06. The predicted molar refractivity (Wildman–Crippen MR) is 114 cm³/mol. The maximum atomic E-state index is 12.7. The van der Waals surface area contributed by atoms with Crippen molar-refractivity contribution in [1.82, 2.24) is 15.7 Å². The van der Waals surface area contributed by atoms with Gasteiger partial charge in [0, 0.05) is 5.56 Å². The molecule has 2 atom stereocenters. The summed E-state index contributed by atoms with van der Waals surface area (Å²) >= 11 is 29.9. The minimum atomic E-state index is -3.82. The summed E-state index contributed by atoms with van der Waals surface area (Å²) in [7, 11) is -3.82. The topological polar surface area (TPSA) is 88.7 Å². The zero-order chi connectivity index (χ0) is 21.4. The van der Waals surface area contributed by atoms with Crippen LogP contribution in [0.3, 0.4) is 0 Å². The number of nitrogens with one attached hydrogen (secondary N) is 3. The molecule has 0 spiro atoms. The van der Waals surface area contributed by atoms with Crippen molar-refractivity contribution in [3.63, 3.8) is 0 Å². The van der Waals surface area contributed by atoms with E-state index in [0.29, 0.717) is 5.56 Å². The van der Waals surface area contributed by atoms with Gasteiger partial charge in [0.2, 0.25) is 3.79 Å². The molecule has 1 amide bonds. The van der Waals surface area contributed by atoms with Gasteiger partial charge in [-0.2, -0.15) is 0 Å². The molecule has 0 radical (unpaired) electrons. The Labute approximate surface area is 189 Å². The Morgan fingerprint density at radius 1 is 1.11 bits per heavy atom. The van der Waals surface area contributed by atoms with Crippen LogP contribution in [-0.2, 0) is 13.6 Å². The molecular weight excluding hydrogens is 494 g/mol. The Morgan fingerprint density at radius 3 is 2.07 bits per heavy atom. The normalized spacial score (nSPS) is 14.7. The summed E-state index contributed by atoms with van der Waals surface area (Å²) in [6, 6.07) is 8.37. The lowest BCUT2D eigenvalue weighted by molar-refractivity contribution is 0.0928. The second kappa shape index (κ2) is 12.2. The molecule has 0 aliphatic carbocycles. The van der Waals surface area contributed by atoms with E-state index in [0.717, 1.165) is 0 Å². The van der Waals surface area contributed by atoms with Gasteiger partial charge in [0.05, 0.1) is 13.2 Å². The Kier molecular flexibility index (Phi) is 11.4. The summed E-state index contributed by atoms with van der Waals surface area (Å²) in [5, 5.41) is 7.82. The predicted octanol–water partition coefficient (Wildman–Crippen LogP) is 4.60. The second-order valence-electron chi connectivity index (χ2n) is 5.26. The molecule has 3 N–H and O–H groups in total. The lowest BCUT2D eigenvalue weighted by Gasteiger charge is -2.33. The van der Waals surface area contributed by atoms with Gasteiger partial charge >= 0.3 is 7.75 Å². The van der Waals surface area contributed by atoms with Crippen molar-refractivity contribution < 1.29 is 18.4 Å².